The van der Waals surface area contributed by atoms with Gasteiger partial charge in [0.1, 0.15) is 0 Å². The fourth-order valence-electron chi connectivity index (χ4n) is 2.73. The average Bonchev–Trinajstić information content (AvgIpc) is 2.97. The van der Waals surface area contributed by atoms with Gasteiger partial charge in [-0.05, 0) is 6.42 Å². The van der Waals surface area contributed by atoms with Crippen LogP contribution in [-0.2, 0) is 6.54 Å². The maximum atomic E-state index is 4.07. The zero-order valence-electron chi connectivity index (χ0n) is 13.5. The van der Waals surface area contributed by atoms with Crippen molar-refractivity contribution in [1.29, 1.82) is 0 Å². The molecule has 0 saturated heterocycles. The van der Waals surface area contributed by atoms with E-state index in [1.807, 2.05) is 12.5 Å². The van der Waals surface area contributed by atoms with Crippen molar-refractivity contribution in [2.75, 3.05) is 0 Å². The van der Waals surface area contributed by atoms with Crippen LogP contribution in [0.3, 0.4) is 0 Å². The van der Waals surface area contributed by atoms with Crippen molar-refractivity contribution in [1.82, 2.24) is 9.55 Å². The molecule has 20 heavy (non-hydrogen) atoms. The minimum Gasteiger partial charge on any atom is -0.337 e. The highest BCUT2D eigenvalue weighted by Gasteiger charge is 1.94. The molecule has 2 heteroatoms. The summed E-state index contributed by atoms with van der Waals surface area (Å²) in [6.07, 6.45) is 24.3. The Bertz CT molecular complexity index is 280. The summed E-state index contributed by atoms with van der Waals surface area (Å²) >= 11 is 0. The van der Waals surface area contributed by atoms with Crippen molar-refractivity contribution in [3.05, 3.63) is 18.7 Å². The molecule has 0 aliphatic rings. The Hall–Kier alpha value is -0.790. The Morgan fingerprint density at radius 3 is 1.65 bits per heavy atom. The van der Waals surface area contributed by atoms with E-state index >= 15 is 0 Å². The quantitative estimate of drug-likeness (QED) is 0.383. The van der Waals surface area contributed by atoms with E-state index in [1.165, 1.54) is 83.5 Å². The third-order valence-electron chi connectivity index (χ3n) is 4.08. The largest absolute Gasteiger partial charge is 0.337 e. The third kappa shape index (κ3) is 10.1. The Morgan fingerprint density at radius 2 is 1.20 bits per heavy atom. The Kier molecular flexibility index (Phi) is 11.4. The van der Waals surface area contributed by atoms with E-state index in [9.17, 15) is 0 Å². The zero-order valence-corrected chi connectivity index (χ0v) is 13.5. The van der Waals surface area contributed by atoms with Gasteiger partial charge in [0.15, 0.2) is 0 Å². The number of aryl methyl sites for hydroxylation is 1. The number of nitrogens with zero attached hydrogens (tertiary/aromatic N) is 2. The topological polar surface area (TPSA) is 17.8 Å². The molecule has 0 saturated carbocycles. The van der Waals surface area contributed by atoms with Gasteiger partial charge in [0.2, 0.25) is 0 Å². The second kappa shape index (κ2) is 13.2. The van der Waals surface area contributed by atoms with Gasteiger partial charge < -0.3 is 4.57 Å². The molecule has 0 unspecified atom stereocenters. The van der Waals surface area contributed by atoms with Crippen LogP contribution in [0.15, 0.2) is 18.7 Å². The molecule has 1 aromatic heterocycles. The van der Waals surface area contributed by atoms with Crippen LogP contribution < -0.4 is 0 Å². The lowest BCUT2D eigenvalue weighted by Gasteiger charge is -2.03. The number of imidazole rings is 1. The Morgan fingerprint density at radius 1 is 0.700 bits per heavy atom. The smallest absolute Gasteiger partial charge is 0.0945 e. The van der Waals surface area contributed by atoms with E-state index in [2.05, 4.69) is 22.7 Å². The van der Waals surface area contributed by atoms with Gasteiger partial charge >= 0.3 is 0 Å². The number of hydrogen-bond acceptors (Lipinski definition) is 1. The summed E-state index contributed by atoms with van der Waals surface area (Å²) in [6.45, 7) is 3.42. The van der Waals surface area contributed by atoms with Gasteiger partial charge in [-0.1, -0.05) is 84.0 Å². The second-order valence-corrected chi connectivity index (χ2v) is 6.04. The number of aromatic nitrogens is 2. The standard InChI is InChI=1S/C18H34N2/c1-2-3-4-5-6-7-8-9-10-11-12-13-14-16-20-17-15-19-18-20/h15,17-18H,2-14,16H2,1H3. The lowest BCUT2D eigenvalue weighted by atomic mass is 10.0. The summed E-state index contributed by atoms with van der Waals surface area (Å²) in [5, 5.41) is 0. The first-order chi connectivity index (χ1) is 9.93. The van der Waals surface area contributed by atoms with Gasteiger partial charge in [0.25, 0.3) is 0 Å². The zero-order chi connectivity index (χ0) is 14.3. The molecule has 1 aromatic rings. The predicted octanol–water partition coefficient (Wildman–Crippen LogP) is 5.97. The second-order valence-electron chi connectivity index (χ2n) is 6.04. The first-order valence-electron chi connectivity index (χ1n) is 8.89. The van der Waals surface area contributed by atoms with E-state index in [-0.39, 0.29) is 0 Å². The molecule has 1 heterocycles. The summed E-state index contributed by atoms with van der Waals surface area (Å²) in [5.74, 6) is 0. The Balaban J connectivity index is 1.70. The molecular weight excluding hydrogens is 244 g/mol. The monoisotopic (exact) mass is 278 g/mol. The van der Waals surface area contributed by atoms with Crippen molar-refractivity contribution >= 4 is 0 Å². The van der Waals surface area contributed by atoms with E-state index in [0.717, 1.165) is 6.54 Å². The van der Waals surface area contributed by atoms with Gasteiger partial charge in [-0.2, -0.15) is 0 Å². The maximum absolute atomic E-state index is 4.07. The first-order valence-corrected chi connectivity index (χ1v) is 8.89. The first kappa shape index (κ1) is 17.3. The molecule has 116 valence electrons. The van der Waals surface area contributed by atoms with Crippen molar-refractivity contribution < 1.29 is 0 Å². The van der Waals surface area contributed by atoms with Gasteiger partial charge in [-0.25, -0.2) is 4.98 Å². The minimum atomic E-state index is 1.14. The van der Waals surface area contributed by atoms with Gasteiger partial charge in [0.05, 0.1) is 6.33 Å². The number of rotatable bonds is 14. The van der Waals surface area contributed by atoms with Crippen LogP contribution in [0.4, 0.5) is 0 Å². The number of unbranched alkanes of at least 4 members (excludes halogenated alkanes) is 12. The molecule has 0 aliphatic heterocycles. The number of hydrogen-bond donors (Lipinski definition) is 0. The average molecular weight is 278 g/mol. The van der Waals surface area contributed by atoms with Crippen molar-refractivity contribution in [3.8, 4) is 0 Å². The minimum absolute atomic E-state index is 1.14. The molecule has 0 atom stereocenters. The van der Waals surface area contributed by atoms with Gasteiger partial charge in [-0.15, -0.1) is 0 Å². The summed E-state index contributed by atoms with van der Waals surface area (Å²) in [6, 6.07) is 0. The van der Waals surface area contributed by atoms with Crippen LogP contribution in [-0.4, -0.2) is 9.55 Å². The van der Waals surface area contributed by atoms with Crippen molar-refractivity contribution in [2.45, 2.75) is 96.9 Å². The summed E-state index contributed by atoms with van der Waals surface area (Å²) < 4.78 is 2.18. The highest BCUT2D eigenvalue weighted by molar-refractivity contribution is 4.73. The fraction of sp³-hybridized carbons (Fsp3) is 0.833. The van der Waals surface area contributed by atoms with Crippen LogP contribution >= 0.6 is 0 Å². The molecule has 0 bridgehead atoms. The lowest BCUT2D eigenvalue weighted by Crippen LogP contribution is -1.93. The van der Waals surface area contributed by atoms with E-state index in [4.69, 9.17) is 0 Å². The maximum Gasteiger partial charge on any atom is 0.0945 e. The molecule has 0 aliphatic carbocycles. The summed E-state index contributed by atoms with van der Waals surface area (Å²) in [4.78, 5) is 4.07. The molecule has 0 aromatic carbocycles. The van der Waals surface area contributed by atoms with E-state index in [1.54, 1.807) is 0 Å². The van der Waals surface area contributed by atoms with Crippen LogP contribution in [0.2, 0.25) is 0 Å². The molecule has 0 amide bonds. The van der Waals surface area contributed by atoms with E-state index in [0.29, 0.717) is 0 Å². The molecule has 0 N–H and O–H groups in total. The molecule has 2 nitrogen and oxygen atoms in total. The van der Waals surface area contributed by atoms with Crippen molar-refractivity contribution in [3.63, 3.8) is 0 Å². The van der Waals surface area contributed by atoms with Gasteiger partial charge in [0, 0.05) is 18.9 Å². The predicted molar refractivity (Wildman–Crippen MR) is 87.9 cm³/mol. The SMILES string of the molecule is CCCCCCCCCCCCCCCn1ccnc1. The molecule has 1 rings (SSSR count). The highest BCUT2D eigenvalue weighted by atomic mass is 15.0. The molecular formula is C18H34N2. The molecule has 0 fully saturated rings. The molecule has 0 spiro atoms. The van der Waals surface area contributed by atoms with E-state index < -0.39 is 0 Å². The molecule has 0 radical (unpaired) electrons. The van der Waals surface area contributed by atoms with Crippen LogP contribution in [0.1, 0.15) is 90.4 Å². The fourth-order valence-corrected chi connectivity index (χ4v) is 2.73. The normalized spacial score (nSPS) is 11.1. The third-order valence-corrected chi connectivity index (χ3v) is 4.08. The Labute approximate surface area is 126 Å². The van der Waals surface area contributed by atoms with Crippen LogP contribution in [0.25, 0.3) is 0 Å². The summed E-state index contributed by atoms with van der Waals surface area (Å²) in [7, 11) is 0. The van der Waals surface area contributed by atoms with Crippen LogP contribution in [0.5, 0.6) is 0 Å². The van der Waals surface area contributed by atoms with Crippen molar-refractivity contribution in [2.24, 2.45) is 0 Å². The van der Waals surface area contributed by atoms with Crippen LogP contribution in [0, 0.1) is 0 Å². The highest BCUT2D eigenvalue weighted by Crippen LogP contribution is 2.12. The van der Waals surface area contributed by atoms with Gasteiger partial charge in [-0.3, -0.25) is 0 Å². The summed E-state index contributed by atoms with van der Waals surface area (Å²) in [5.41, 5.74) is 0. The lowest BCUT2D eigenvalue weighted by molar-refractivity contribution is 0.526.